The Bertz CT molecular complexity index is 868. The summed E-state index contributed by atoms with van der Waals surface area (Å²) < 4.78 is 4.72. The SMILES string of the molecule is CC1(C)CCC(C=O)CC1.CC1(C)CCC(CO)CC1.CC1(O)CCC(C(=O)O)CC1.CI.COC(=O)C1CCC(C)(C)CC1.CPC.[AlH3].[H-].[H-].[Li+].[Na+]. The molecule has 12 heteroatoms. The Morgan fingerprint density at radius 2 is 1.06 bits per heavy atom. The number of carbonyl (C=O) groups excluding carboxylic acids is 2. The van der Waals surface area contributed by atoms with Gasteiger partial charge in [-0.05, 0) is 150 Å². The van der Waals surface area contributed by atoms with Crippen LogP contribution < -0.4 is 48.4 Å². The van der Waals surface area contributed by atoms with Gasteiger partial charge in [0.1, 0.15) is 6.29 Å². The van der Waals surface area contributed by atoms with Crippen molar-refractivity contribution in [3.8, 4) is 0 Å². The molecule has 0 saturated heterocycles. The number of hydrogen-bond acceptors (Lipinski definition) is 6. The molecule has 0 aliphatic heterocycles. The van der Waals surface area contributed by atoms with Gasteiger partial charge in [-0.3, -0.25) is 9.59 Å². The molecule has 0 aromatic heterocycles. The molecule has 0 aromatic rings. The summed E-state index contributed by atoms with van der Waals surface area (Å²) in [5, 5.41) is 27.0. The summed E-state index contributed by atoms with van der Waals surface area (Å²) in [5.74, 6) is 0.172. The van der Waals surface area contributed by atoms with Crippen LogP contribution in [0.2, 0.25) is 0 Å². The fourth-order valence-corrected chi connectivity index (χ4v) is 6.49. The molecule has 0 radical (unpaired) electrons. The molecule has 51 heavy (non-hydrogen) atoms. The molecule has 0 amide bonds. The number of aliphatic carboxylic acids is 1. The summed E-state index contributed by atoms with van der Waals surface area (Å²) in [7, 11) is 2.56. The molecule has 0 unspecified atom stereocenters. The Kier molecular flexibility index (Phi) is 40.0. The number of methoxy groups -OCH3 is 1. The van der Waals surface area contributed by atoms with Crippen molar-refractivity contribution in [3.63, 3.8) is 0 Å². The van der Waals surface area contributed by atoms with Crippen LogP contribution in [-0.4, -0.2) is 88.5 Å². The van der Waals surface area contributed by atoms with E-state index in [9.17, 15) is 19.5 Å². The maximum absolute atomic E-state index is 11.2. The summed E-state index contributed by atoms with van der Waals surface area (Å²) in [4.78, 5) is 34.0. The maximum Gasteiger partial charge on any atom is 1.00 e. The van der Waals surface area contributed by atoms with E-state index >= 15 is 0 Å². The first-order valence-corrected chi connectivity index (χ1v) is 22.5. The number of aldehydes is 1. The third-order valence-electron chi connectivity index (χ3n) is 10.6. The summed E-state index contributed by atoms with van der Waals surface area (Å²) in [5.41, 5.74) is 0.863. The first kappa shape index (κ1) is 62.0. The van der Waals surface area contributed by atoms with E-state index in [1.807, 2.05) is 4.93 Å². The number of carboxylic acid groups (broad SMARTS) is 1. The molecule has 0 spiro atoms. The van der Waals surface area contributed by atoms with Crippen molar-refractivity contribution in [3.05, 3.63) is 0 Å². The van der Waals surface area contributed by atoms with Gasteiger partial charge < -0.3 is 27.7 Å². The van der Waals surface area contributed by atoms with Gasteiger partial charge in [-0.15, -0.1) is 8.58 Å². The van der Waals surface area contributed by atoms with Crippen molar-refractivity contribution >= 4 is 66.8 Å². The normalized spacial score (nSPS) is 24.7. The molecule has 0 bridgehead atoms. The van der Waals surface area contributed by atoms with E-state index in [4.69, 9.17) is 14.9 Å². The number of halogens is 1. The largest absolute Gasteiger partial charge is 1.00 e. The van der Waals surface area contributed by atoms with E-state index in [2.05, 4.69) is 77.5 Å². The molecule has 4 aliphatic rings. The topological polar surface area (TPSA) is 121 Å². The van der Waals surface area contributed by atoms with Crippen LogP contribution in [0.15, 0.2) is 0 Å². The van der Waals surface area contributed by atoms with Gasteiger partial charge in [0.05, 0.1) is 24.5 Å². The van der Waals surface area contributed by atoms with E-state index in [1.165, 1.54) is 45.6 Å². The number of ether oxygens (including phenoxy) is 1. The Balaban J connectivity index is -0.0000000993. The smallest absolute Gasteiger partial charge is 1.00 e. The Labute approximate surface area is 377 Å². The zero-order chi connectivity index (χ0) is 37.6. The van der Waals surface area contributed by atoms with Crippen LogP contribution in [-0.2, 0) is 19.1 Å². The van der Waals surface area contributed by atoms with Crippen LogP contribution in [0, 0.1) is 39.9 Å². The third-order valence-corrected chi connectivity index (χ3v) is 10.6. The first-order valence-electron chi connectivity index (χ1n) is 18.3. The summed E-state index contributed by atoms with van der Waals surface area (Å²) in [6.45, 7) is 20.2. The van der Waals surface area contributed by atoms with E-state index in [-0.39, 0.29) is 86.4 Å². The number of esters is 1. The van der Waals surface area contributed by atoms with Crippen LogP contribution in [0.25, 0.3) is 0 Å². The minimum Gasteiger partial charge on any atom is -1.00 e. The van der Waals surface area contributed by atoms with Crippen LogP contribution in [0.4, 0.5) is 0 Å². The summed E-state index contributed by atoms with van der Waals surface area (Å²) in [6.07, 6.45) is 17.6. The van der Waals surface area contributed by atoms with Crippen LogP contribution in [0.1, 0.15) is 154 Å². The van der Waals surface area contributed by atoms with Crippen molar-refractivity contribution in [1.82, 2.24) is 0 Å². The van der Waals surface area contributed by atoms with Crippen molar-refractivity contribution < 1.29 is 85.7 Å². The number of aliphatic hydroxyl groups is 2. The molecule has 296 valence electrons. The van der Waals surface area contributed by atoms with Gasteiger partial charge in [-0.25, -0.2) is 0 Å². The molecular weight excluding hydrogens is 795 g/mol. The molecule has 3 N–H and O–H groups in total. The number of hydrogen-bond donors (Lipinski definition) is 3. The first-order chi connectivity index (χ1) is 22.3. The number of carboxylic acids is 1. The minimum absolute atomic E-state index is 0. The predicted molar refractivity (Wildman–Crippen MR) is 225 cm³/mol. The van der Waals surface area contributed by atoms with E-state index < -0.39 is 11.6 Å². The number of aliphatic hydroxyl groups excluding tert-OH is 1. The van der Waals surface area contributed by atoms with Gasteiger partial charge >= 0.3 is 60.4 Å². The van der Waals surface area contributed by atoms with Crippen molar-refractivity contribution in [2.45, 2.75) is 157 Å². The summed E-state index contributed by atoms with van der Waals surface area (Å²) >= 11 is 2.15. The Morgan fingerprint density at radius 1 is 0.745 bits per heavy atom. The monoisotopic (exact) mass is 876 g/mol. The predicted octanol–water partition coefficient (Wildman–Crippen LogP) is 3.01. The average Bonchev–Trinajstić information content (AvgIpc) is 3.03. The van der Waals surface area contributed by atoms with Crippen molar-refractivity contribution in [2.75, 3.05) is 32.0 Å². The standard InChI is InChI=1S/C10H18O2.C9H18O.C9H16O.C8H14O3.C2H7P.CH3I.Al.Li.Na.5H/c1-10(2)6-4-8(5-7-10)9(11)12-3;2*1-9(2)5-3-8(7-10)4-6-9;1-8(11)4-2-6(3-5-8)7(9)10;1-3-2;1-2;;;;;;;;/h8H,4-7H2,1-3H3;8,10H,3-7H2,1-2H3;7-8H,3-6H2,1-2H3;6,11H,2-5H2,1H3,(H,9,10);3H,1-2H3;1H3;;;;;;;;/q;;;;;;;2*+1;;;;2*-1. The average molecular weight is 877 g/mol. The molecule has 0 aromatic carbocycles. The second kappa shape index (κ2) is 32.9. The van der Waals surface area contributed by atoms with Gasteiger partial charge in [-0.1, -0.05) is 64.1 Å². The Hall–Kier alpha value is 1.82. The molecule has 4 fully saturated rings. The zero-order valence-corrected chi connectivity index (χ0v) is 39.9. The summed E-state index contributed by atoms with van der Waals surface area (Å²) in [6, 6.07) is 0. The molecule has 0 atom stereocenters. The van der Waals surface area contributed by atoms with Crippen molar-refractivity contribution in [2.24, 2.45) is 39.9 Å². The second-order valence-corrected chi connectivity index (χ2v) is 18.0. The zero-order valence-electron chi connectivity index (χ0n) is 36.8. The van der Waals surface area contributed by atoms with Crippen molar-refractivity contribution in [1.29, 1.82) is 0 Å². The molecular formula is C39H81AlILiNaO7P. The number of alkyl halides is 1. The molecule has 4 aliphatic carbocycles. The Morgan fingerprint density at radius 3 is 1.35 bits per heavy atom. The van der Waals surface area contributed by atoms with Gasteiger partial charge in [0.2, 0.25) is 0 Å². The van der Waals surface area contributed by atoms with Crippen LogP contribution >= 0.6 is 31.2 Å². The molecule has 4 saturated carbocycles. The maximum atomic E-state index is 11.2. The molecule has 4 rings (SSSR count). The number of carbonyl (C=O) groups is 3. The van der Waals surface area contributed by atoms with E-state index in [0.29, 0.717) is 60.4 Å². The van der Waals surface area contributed by atoms with Crippen LogP contribution in [0.3, 0.4) is 0 Å². The molecule has 0 heterocycles. The quantitative estimate of drug-likeness (QED) is 0.0994. The minimum atomic E-state index is -0.722. The van der Waals surface area contributed by atoms with E-state index in [1.54, 1.807) is 6.92 Å². The third kappa shape index (κ3) is 31.6. The molecule has 7 nitrogen and oxygen atoms in total. The van der Waals surface area contributed by atoms with E-state index in [0.717, 1.165) is 53.4 Å². The number of rotatable bonds is 4. The fourth-order valence-electron chi connectivity index (χ4n) is 6.49. The van der Waals surface area contributed by atoms with Gasteiger partial charge in [0, 0.05) is 12.5 Å². The second-order valence-electron chi connectivity index (χ2n) is 17.0. The van der Waals surface area contributed by atoms with Gasteiger partial charge in [0.25, 0.3) is 0 Å². The fraction of sp³-hybridized carbons (Fsp3) is 0.923. The van der Waals surface area contributed by atoms with Crippen LogP contribution in [0.5, 0.6) is 0 Å². The van der Waals surface area contributed by atoms with Gasteiger partial charge in [-0.2, -0.15) is 0 Å². The van der Waals surface area contributed by atoms with Gasteiger partial charge in [0.15, 0.2) is 17.4 Å².